The maximum Gasteiger partial charge on any atom is 0.417 e. The first-order chi connectivity index (χ1) is 18.5. The van der Waals surface area contributed by atoms with Gasteiger partial charge in [-0.25, -0.2) is 4.98 Å². The topological polar surface area (TPSA) is 84.9 Å². The molecule has 0 amide bonds. The van der Waals surface area contributed by atoms with Crippen LogP contribution in [0, 0.1) is 0 Å². The van der Waals surface area contributed by atoms with Crippen molar-refractivity contribution in [2.45, 2.75) is 63.1 Å². The van der Waals surface area contributed by atoms with E-state index in [1.165, 1.54) is 0 Å². The fourth-order valence-electron chi connectivity index (χ4n) is 5.96. The van der Waals surface area contributed by atoms with Gasteiger partial charge >= 0.3 is 6.18 Å². The molecule has 0 saturated carbocycles. The number of aromatic nitrogens is 2. The van der Waals surface area contributed by atoms with E-state index in [0.29, 0.717) is 37.4 Å². The fraction of sp³-hybridized carbons (Fsp3) is 0.552. The molecule has 0 aliphatic carbocycles. The Morgan fingerprint density at radius 3 is 2.38 bits per heavy atom. The molecule has 2 fully saturated rings. The van der Waals surface area contributed by atoms with Crippen molar-refractivity contribution < 1.29 is 28.1 Å². The van der Waals surface area contributed by atoms with Crippen molar-refractivity contribution in [3.63, 3.8) is 0 Å². The van der Waals surface area contributed by atoms with Gasteiger partial charge in [-0.05, 0) is 61.4 Å². The summed E-state index contributed by atoms with van der Waals surface area (Å²) in [5.41, 5.74) is -2.04. The summed E-state index contributed by atoms with van der Waals surface area (Å²) in [5, 5.41) is 22.6. The second-order valence-electron chi connectivity index (χ2n) is 11.5. The number of nitrogens with one attached hydrogen (secondary N) is 1. The van der Waals surface area contributed by atoms with E-state index in [0.717, 1.165) is 49.2 Å². The zero-order chi connectivity index (χ0) is 27.8. The van der Waals surface area contributed by atoms with Crippen molar-refractivity contribution in [1.29, 1.82) is 0 Å². The highest BCUT2D eigenvalue weighted by atomic mass is 19.4. The number of phenolic OH excluding ortho intramolecular Hbond substituents is 1. The molecule has 212 valence electrons. The van der Waals surface area contributed by atoms with Gasteiger partial charge in [0.25, 0.3) is 0 Å². The summed E-state index contributed by atoms with van der Waals surface area (Å²) in [4.78, 5) is 11.8. The molecule has 2 aromatic heterocycles. The van der Waals surface area contributed by atoms with Crippen LogP contribution in [0.3, 0.4) is 0 Å². The van der Waals surface area contributed by atoms with Gasteiger partial charge in [0.1, 0.15) is 11.6 Å². The van der Waals surface area contributed by atoms with Crippen LogP contribution in [0.25, 0.3) is 10.9 Å². The van der Waals surface area contributed by atoms with Crippen LogP contribution in [-0.2, 0) is 16.6 Å². The molecule has 3 aromatic rings. The Hall–Kier alpha value is -2.98. The number of morpholine rings is 1. The van der Waals surface area contributed by atoms with Crippen molar-refractivity contribution in [2.24, 2.45) is 0 Å². The number of halogens is 3. The van der Waals surface area contributed by atoms with Gasteiger partial charge in [-0.3, -0.25) is 0 Å². The number of nitrogens with zero attached hydrogens (tertiary/aromatic N) is 3. The van der Waals surface area contributed by atoms with Crippen LogP contribution >= 0.6 is 0 Å². The average molecular weight is 547 g/mol. The SMILES string of the molecule is CC(C)(CC(O)(Cc1cc2cc(N3CCOCC3)ncc2[nH]1)C(F)(F)F)c1cc(N2CCCCC2)ccc1O. The molecule has 0 radical (unpaired) electrons. The van der Waals surface area contributed by atoms with Crippen LogP contribution in [0.5, 0.6) is 5.75 Å². The molecule has 0 spiro atoms. The third-order valence-electron chi connectivity index (χ3n) is 8.06. The summed E-state index contributed by atoms with van der Waals surface area (Å²) >= 11 is 0. The molecule has 4 heterocycles. The molecular formula is C29H37F3N4O3. The predicted octanol–water partition coefficient (Wildman–Crippen LogP) is 5.30. The zero-order valence-corrected chi connectivity index (χ0v) is 22.5. The summed E-state index contributed by atoms with van der Waals surface area (Å²) in [7, 11) is 0. The molecule has 1 atom stereocenters. The van der Waals surface area contributed by atoms with E-state index in [-0.39, 0.29) is 11.4 Å². The molecule has 2 aliphatic rings. The second kappa shape index (κ2) is 10.5. The molecule has 3 N–H and O–H groups in total. The minimum atomic E-state index is -4.89. The van der Waals surface area contributed by atoms with Gasteiger partial charge in [-0.2, -0.15) is 13.2 Å². The fourth-order valence-corrected chi connectivity index (χ4v) is 5.96. The van der Waals surface area contributed by atoms with E-state index < -0.39 is 30.0 Å². The number of piperidine rings is 1. The van der Waals surface area contributed by atoms with Crippen molar-refractivity contribution >= 4 is 22.4 Å². The quantitative estimate of drug-likeness (QED) is 0.373. The van der Waals surface area contributed by atoms with Gasteiger partial charge in [0.15, 0.2) is 5.60 Å². The molecule has 39 heavy (non-hydrogen) atoms. The van der Waals surface area contributed by atoms with Crippen molar-refractivity contribution in [3.05, 3.63) is 47.8 Å². The van der Waals surface area contributed by atoms with Gasteiger partial charge in [0.05, 0.1) is 24.9 Å². The first kappa shape index (κ1) is 27.6. The normalized spacial score (nSPS) is 18.9. The van der Waals surface area contributed by atoms with Gasteiger partial charge in [0, 0.05) is 54.9 Å². The summed E-state index contributed by atoms with van der Waals surface area (Å²) in [6.45, 7) is 7.63. The molecule has 1 unspecified atom stereocenters. The van der Waals surface area contributed by atoms with E-state index in [9.17, 15) is 23.4 Å². The monoisotopic (exact) mass is 546 g/mol. The number of H-pyrrole nitrogens is 1. The van der Waals surface area contributed by atoms with Crippen LogP contribution in [-0.4, -0.2) is 71.4 Å². The second-order valence-corrected chi connectivity index (χ2v) is 11.5. The number of aliphatic hydroxyl groups is 1. The van der Waals surface area contributed by atoms with Crippen LogP contribution in [0.2, 0.25) is 0 Å². The largest absolute Gasteiger partial charge is 0.508 e. The molecule has 2 aliphatic heterocycles. The maximum absolute atomic E-state index is 14.5. The number of hydrogen-bond acceptors (Lipinski definition) is 6. The lowest BCUT2D eigenvalue weighted by molar-refractivity contribution is -0.266. The Balaban J connectivity index is 1.41. The number of phenols is 1. The number of anilines is 2. The van der Waals surface area contributed by atoms with Gasteiger partial charge < -0.3 is 29.7 Å². The predicted molar refractivity (Wildman–Crippen MR) is 146 cm³/mol. The van der Waals surface area contributed by atoms with E-state index in [2.05, 4.69) is 19.8 Å². The Morgan fingerprint density at radius 2 is 1.69 bits per heavy atom. The third-order valence-corrected chi connectivity index (χ3v) is 8.06. The highest BCUT2D eigenvalue weighted by Gasteiger charge is 2.56. The minimum absolute atomic E-state index is 0.0717. The smallest absolute Gasteiger partial charge is 0.417 e. The van der Waals surface area contributed by atoms with Crippen molar-refractivity contribution in [1.82, 2.24) is 9.97 Å². The van der Waals surface area contributed by atoms with Crippen LogP contribution in [0.1, 0.15) is 50.8 Å². The molecule has 2 saturated heterocycles. The highest BCUT2D eigenvalue weighted by molar-refractivity contribution is 5.82. The van der Waals surface area contributed by atoms with E-state index in [1.807, 2.05) is 6.07 Å². The third kappa shape index (κ3) is 5.82. The van der Waals surface area contributed by atoms with Gasteiger partial charge in [-0.1, -0.05) is 13.8 Å². The first-order valence-corrected chi connectivity index (χ1v) is 13.6. The number of aromatic hydroxyl groups is 1. The molecule has 5 rings (SSSR count). The molecule has 1 aromatic carbocycles. The lowest BCUT2D eigenvalue weighted by Crippen LogP contribution is -2.50. The van der Waals surface area contributed by atoms with Gasteiger partial charge in [0.2, 0.25) is 0 Å². The number of ether oxygens (including phenoxy) is 1. The lowest BCUT2D eigenvalue weighted by atomic mass is 9.73. The Labute approximate surface area is 226 Å². The number of benzene rings is 1. The molecular weight excluding hydrogens is 509 g/mol. The Bertz CT molecular complexity index is 1300. The molecule has 7 nitrogen and oxygen atoms in total. The summed E-state index contributed by atoms with van der Waals surface area (Å²) in [5.74, 6) is 0.672. The molecule has 10 heteroatoms. The van der Waals surface area contributed by atoms with Crippen LogP contribution in [0.15, 0.2) is 36.5 Å². The van der Waals surface area contributed by atoms with Crippen LogP contribution in [0.4, 0.5) is 24.7 Å². The number of rotatable bonds is 7. The zero-order valence-electron chi connectivity index (χ0n) is 22.5. The summed E-state index contributed by atoms with van der Waals surface area (Å²) in [6.07, 6.45) is -1.27. The summed E-state index contributed by atoms with van der Waals surface area (Å²) < 4.78 is 48.9. The number of alkyl halides is 3. The van der Waals surface area contributed by atoms with E-state index in [1.54, 1.807) is 44.3 Å². The van der Waals surface area contributed by atoms with Crippen molar-refractivity contribution in [2.75, 3.05) is 49.2 Å². The first-order valence-electron chi connectivity index (χ1n) is 13.6. The van der Waals surface area contributed by atoms with E-state index >= 15 is 0 Å². The maximum atomic E-state index is 14.5. The van der Waals surface area contributed by atoms with Crippen LogP contribution < -0.4 is 9.80 Å². The standard InChI is InChI=1S/C29H37F3N4O3/c1-27(2,23-16-22(6-7-25(23)37)35-8-4-3-5-9-35)19-28(38,29(30,31)32)17-21-14-20-15-26(33-18-24(20)34-21)36-10-12-39-13-11-36/h6-7,14-16,18,34,37-38H,3-5,8-13,17,19H2,1-2H3. The Morgan fingerprint density at radius 1 is 0.974 bits per heavy atom. The number of pyridine rings is 1. The number of hydrogen-bond donors (Lipinski definition) is 3. The summed E-state index contributed by atoms with van der Waals surface area (Å²) in [6, 6.07) is 8.63. The van der Waals surface area contributed by atoms with Gasteiger partial charge in [-0.15, -0.1) is 0 Å². The number of fused-ring (bicyclic) bond motifs is 1. The van der Waals surface area contributed by atoms with Crippen molar-refractivity contribution in [3.8, 4) is 5.75 Å². The molecule has 0 bridgehead atoms. The van der Waals surface area contributed by atoms with E-state index in [4.69, 9.17) is 4.74 Å². The minimum Gasteiger partial charge on any atom is -0.508 e. The highest BCUT2D eigenvalue weighted by Crippen LogP contribution is 2.46. The Kier molecular flexibility index (Phi) is 7.45. The average Bonchev–Trinajstić information content (AvgIpc) is 3.30. The lowest BCUT2D eigenvalue weighted by Gasteiger charge is -2.38. The number of aromatic amines is 1.